The predicted octanol–water partition coefficient (Wildman–Crippen LogP) is 4.79. The Hall–Kier alpha value is -2.38. The van der Waals surface area contributed by atoms with Crippen LogP contribution in [0.15, 0.2) is 34.8 Å². The van der Waals surface area contributed by atoms with Gasteiger partial charge in [0.2, 0.25) is 5.91 Å². The standard InChI is InChI=1S/C19H19BrClNO5/c1-24-15-10-14(16(25-2)9-13(15)21)22-18(23)6-5-11-7-12(20)19(27-4)17(8-11)26-3/h5-10H,1-4H3,(H,22,23). The van der Waals surface area contributed by atoms with E-state index in [1.807, 2.05) is 6.07 Å². The Morgan fingerprint density at radius 2 is 1.63 bits per heavy atom. The third-order valence-corrected chi connectivity index (χ3v) is 4.50. The molecule has 0 fully saturated rings. The van der Waals surface area contributed by atoms with Gasteiger partial charge in [-0.15, -0.1) is 0 Å². The van der Waals surface area contributed by atoms with Gasteiger partial charge in [-0.2, -0.15) is 0 Å². The first-order valence-corrected chi connectivity index (χ1v) is 8.92. The number of nitrogens with one attached hydrogen (secondary N) is 1. The Morgan fingerprint density at radius 3 is 2.22 bits per heavy atom. The van der Waals surface area contributed by atoms with Gasteiger partial charge in [-0.05, 0) is 39.7 Å². The lowest BCUT2D eigenvalue weighted by Gasteiger charge is -2.12. The lowest BCUT2D eigenvalue weighted by atomic mass is 10.2. The molecule has 2 rings (SSSR count). The third-order valence-electron chi connectivity index (χ3n) is 3.61. The van der Waals surface area contributed by atoms with Gasteiger partial charge in [0.25, 0.3) is 0 Å². The second kappa shape index (κ2) is 9.53. The summed E-state index contributed by atoms with van der Waals surface area (Å²) in [5, 5.41) is 3.13. The fourth-order valence-corrected chi connectivity index (χ4v) is 3.19. The number of halogens is 2. The van der Waals surface area contributed by atoms with Crippen LogP contribution in [0.3, 0.4) is 0 Å². The van der Waals surface area contributed by atoms with Crippen LogP contribution in [0.1, 0.15) is 5.56 Å². The van der Waals surface area contributed by atoms with Crippen LogP contribution in [0.25, 0.3) is 6.08 Å². The van der Waals surface area contributed by atoms with E-state index in [1.54, 1.807) is 38.5 Å². The quantitative estimate of drug-likeness (QED) is 0.607. The van der Waals surface area contributed by atoms with Gasteiger partial charge in [0.1, 0.15) is 11.5 Å². The SMILES string of the molecule is COc1cc(NC(=O)C=Cc2cc(Br)c(OC)c(OC)c2)c(OC)cc1Cl. The monoisotopic (exact) mass is 455 g/mol. The Bertz CT molecular complexity index is 870. The summed E-state index contributed by atoms with van der Waals surface area (Å²) < 4.78 is 21.7. The molecule has 0 spiro atoms. The highest BCUT2D eigenvalue weighted by atomic mass is 79.9. The molecule has 0 atom stereocenters. The van der Waals surface area contributed by atoms with E-state index in [-0.39, 0.29) is 5.91 Å². The first-order chi connectivity index (χ1) is 12.9. The molecule has 0 radical (unpaired) electrons. The van der Waals surface area contributed by atoms with Crippen molar-refractivity contribution in [2.24, 2.45) is 0 Å². The molecular formula is C19H19BrClNO5. The third kappa shape index (κ3) is 5.08. The molecule has 27 heavy (non-hydrogen) atoms. The number of methoxy groups -OCH3 is 4. The molecule has 0 bridgehead atoms. The molecule has 0 aromatic heterocycles. The largest absolute Gasteiger partial charge is 0.495 e. The molecule has 1 N–H and O–H groups in total. The highest BCUT2D eigenvalue weighted by Gasteiger charge is 2.12. The minimum atomic E-state index is -0.344. The van der Waals surface area contributed by atoms with E-state index in [9.17, 15) is 4.79 Å². The highest BCUT2D eigenvalue weighted by Crippen LogP contribution is 2.37. The van der Waals surface area contributed by atoms with E-state index in [4.69, 9.17) is 30.5 Å². The van der Waals surface area contributed by atoms with Crippen molar-refractivity contribution in [3.63, 3.8) is 0 Å². The Morgan fingerprint density at radius 1 is 0.963 bits per heavy atom. The highest BCUT2D eigenvalue weighted by molar-refractivity contribution is 9.10. The first kappa shape index (κ1) is 20.9. The van der Waals surface area contributed by atoms with Crippen LogP contribution in [0.5, 0.6) is 23.0 Å². The second-order valence-electron chi connectivity index (χ2n) is 5.25. The van der Waals surface area contributed by atoms with Crippen LogP contribution in [0.2, 0.25) is 5.02 Å². The van der Waals surface area contributed by atoms with Gasteiger partial charge in [0, 0.05) is 18.2 Å². The van der Waals surface area contributed by atoms with Crippen molar-refractivity contribution in [2.75, 3.05) is 33.8 Å². The Labute approximate surface area is 171 Å². The van der Waals surface area contributed by atoms with Crippen LogP contribution >= 0.6 is 27.5 Å². The second-order valence-corrected chi connectivity index (χ2v) is 6.51. The molecule has 1 amide bonds. The number of rotatable bonds is 7. The summed E-state index contributed by atoms with van der Waals surface area (Å²) in [4.78, 5) is 12.3. The van der Waals surface area contributed by atoms with Gasteiger partial charge in [0.15, 0.2) is 11.5 Å². The molecule has 2 aromatic carbocycles. The predicted molar refractivity (Wildman–Crippen MR) is 109 cm³/mol. The first-order valence-electron chi connectivity index (χ1n) is 7.75. The zero-order valence-corrected chi connectivity index (χ0v) is 17.6. The summed E-state index contributed by atoms with van der Waals surface area (Å²) in [7, 11) is 6.09. The van der Waals surface area contributed by atoms with E-state index in [1.165, 1.54) is 20.3 Å². The van der Waals surface area contributed by atoms with Gasteiger partial charge in [-0.1, -0.05) is 11.6 Å². The normalized spacial score (nSPS) is 10.6. The van der Waals surface area contributed by atoms with Gasteiger partial charge in [-0.3, -0.25) is 4.79 Å². The Kier molecular flexibility index (Phi) is 7.38. The van der Waals surface area contributed by atoms with Crippen molar-refractivity contribution >= 4 is 45.2 Å². The lowest BCUT2D eigenvalue weighted by molar-refractivity contribution is -0.111. The minimum Gasteiger partial charge on any atom is -0.495 e. The van der Waals surface area contributed by atoms with Crippen molar-refractivity contribution in [3.8, 4) is 23.0 Å². The fraction of sp³-hybridized carbons (Fsp3) is 0.211. The molecule has 0 saturated carbocycles. The zero-order chi connectivity index (χ0) is 20.0. The van der Waals surface area contributed by atoms with Crippen molar-refractivity contribution in [1.29, 1.82) is 0 Å². The topological polar surface area (TPSA) is 66.0 Å². The van der Waals surface area contributed by atoms with Gasteiger partial charge >= 0.3 is 0 Å². The summed E-state index contributed by atoms with van der Waals surface area (Å²) in [6.07, 6.45) is 3.05. The smallest absolute Gasteiger partial charge is 0.248 e. The molecule has 0 aliphatic heterocycles. The molecular weight excluding hydrogens is 438 g/mol. The van der Waals surface area contributed by atoms with Crippen LogP contribution in [0.4, 0.5) is 5.69 Å². The number of ether oxygens (including phenoxy) is 4. The average molecular weight is 457 g/mol. The maximum atomic E-state index is 12.3. The van der Waals surface area contributed by atoms with E-state index in [2.05, 4.69) is 21.2 Å². The number of benzene rings is 2. The van der Waals surface area contributed by atoms with Crippen LogP contribution < -0.4 is 24.3 Å². The molecule has 2 aromatic rings. The molecule has 0 unspecified atom stereocenters. The molecule has 0 aliphatic carbocycles. The van der Waals surface area contributed by atoms with Crippen LogP contribution in [-0.2, 0) is 4.79 Å². The molecule has 8 heteroatoms. The van der Waals surface area contributed by atoms with E-state index < -0.39 is 0 Å². The number of carbonyl (C=O) groups excluding carboxylic acids is 1. The zero-order valence-electron chi connectivity index (χ0n) is 15.3. The molecule has 144 valence electrons. The number of hydrogen-bond acceptors (Lipinski definition) is 5. The van der Waals surface area contributed by atoms with Crippen LogP contribution in [0, 0.1) is 0 Å². The van der Waals surface area contributed by atoms with Gasteiger partial charge in [-0.25, -0.2) is 0 Å². The van der Waals surface area contributed by atoms with E-state index >= 15 is 0 Å². The number of hydrogen-bond donors (Lipinski definition) is 1. The number of amides is 1. The summed E-state index contributed by atoms with van der Waals surface area (Å²) in [5.74, 6) is 1.65. The summed E-state index contributed by atoms with van der Waals surface area (Å²) >= 11 is 9.49. The van der Waals surface area contributed by atoms with E-state index in [0.717, 1.165) is 5.56 Å². The summed E-state index contributed by atoms with van der Waals surface area (Å²) in [6, 6.07) is 6.75. The van der Waals surface area contributed by atoms with Crippen LogP contribution in [-0.4, -0.2) is 34.3 Å². The average Bonchev–Trinajstić information content (AvgIpc) is 2.66. The maximum Gasteiger partial charge on any atom is 0.248 e. The Balaban J connectivity index is 2.22. The molecule has 0 aliphatic rings. The van der Waals surface area contributed by atoms with Gasteiger partial charge < -0.3 is 24.3 Å². The minimum absolute atomic E-state index is 0.344. The number of anilines is 1. The molecule has 0 heterocycles. The molecule has 0 saturated heterocycles. The van der Waals surface area contributed by atoms with Crippen molar-refractivity contribution in [2.45, 2.75) is 0 Å². The van der Waals surface area contributed by atoms with Crippen molar-refractivity contribution in [3.05, 3.63) is 45.4 Å². The van der Waals surface area contributed by atoms with E-state index in [0.29, 0.717) is 38.2 Å². The summed E-state index contributed by atoms with van der Waals surface area (Å²) in [5.41, 5.74) is 1.21. The number of carbonyl (C=O) groups is 1. The van der Waals surface area contributed by atoms with Crippen molar-refractivity contribution < 1.29 is 23.7 Å². The van der Waals surface area contributed by atoms with Gasteiger partial charge in [0.05, 0.1) is 43.6 Å². The molecule has 6 nitrogen and oxygen atoms in total. The summed E-state index contributed by atoms with van der Waals surface area (Å²) in [6.45, 7) is 0. The lowest BCUT2D eigenvalue weighted by Crippen LogP contribution is -2.09. The maximum absolute atomic E-state index is 12.3. The fourth-order valence-electron chi connectivity index (χ4n) is 2.34. The van der Waals surface area contributed by atoms with Crippen molar-refractivity contribution in [1.82, 2.24) is 0 Å².